The average molecular weight is 434 g/mol. The third-order valence-electron chi connectivity index (χ3n) is 5.45. The molecular weight excluding hydrogens is 402 g/mol. The van der Waals surface area contributed by atoms with Gasteiger partial charge in [0.1, 0.15) is 0 Å². The van der Waals surface area contributed by atoms with Crippen molar-refractivity contribution in [2.45, 2.75) is 59.4 Å². The zero-order valence-electron chi connectivity index (χ0n) is 18.5. The Balaban J connectivity index is 1.99. The normalized spacial score (nSPS) is 11.4. The smallest absolute Gasteiger partial charge is 0.241 e. The molecule has 2 aromatic rings. The number of hydrogen-bond donors (Lipinski definition) is 2. The Morgan fingerprint density at radius 3 is 2.23 bits per heavy atom. The zero-order valence-corrected chi connectivity index (χ0v) is 19.4. The fraction of sp³-hybridized carbons (Fsp3) is 0.455. The largest absolute Gasteiger partial charge is 0.478 e. The first-order chi connectivity index (χ1) is 14.1. The number of benzene rings is 1. The van der Waals surface area contributed by atoms with Gasteiger partial charge in [-0.2, -0.15) is 0 Å². The van der Waals surface area contributed by atoms with E-state index in [1.54, 1.807) is 12.3 Å². The summed E-state index contributed by atoms with van der Waals surface area (Å²) in [7, 11) is -3.72. The quantitative estimate of drug-likeness (QED) is 0.634. The van der Waals surface area contributed by atoms with Crippen molar-refractivity contribution in [1.82, 2.24) is 15.0 Å². The van der Waals surface area contributed by atoms with Crippen LogP contribution in [0.15, 0.2) is 23.2 Å². The van der Waals surface area contributed by atoms with Gasteiger partial charge in [-0.1, -0.05) is 6.07 Å². The van der Waals surface area contributed by atoms with E-state index in [-0.39, 0.29) is 25.4 Å². The molecule has 1 heterocycles. The van der Waals surface area contributed by atoms with Crippen molar-refractivity contribution in [2.24, 2.45) is 0 Å². The van der Waals surface area contributed by atoms with E-state index in [9.17, 15) is 13.2 Å². The van der Waals surface area contributed by atoms with Gasteiger partial charge in [0.25, 0.3) is 0 Å². The molecule has 0 bridgehead atoms. The molecule has 2 N–H and O–H groups in total. The monoisotopic (exact) mass is 433 g/mol. The van der Waals surface area contributed by atoms with E-state index in [1.165, 1.54) is 0 Å². The molecular formula is C22H31N3O4S. The second-order valence-corrected chi connectivity index (χ2v) is 8.98. The van der Waals surface area contributed by atoms with Crippen LogP contribution in [0.3, 0.4) is 0 Å². The van der Waals surface area contributed by atoms with Gasteiger partial charge in [0.2, 0.25) is 21.8 Å². The second kappa shape index (κ2) is 10.0. The van der Waals surface area contributed by atoms with Gasteiger partial charge in [-0.15, -0.1) is 0 Å². The molecule has 8 heteroatoms. The van der Waals surface area contributed by atoms with Gasteiger partial charge in [-0.25, -0.2) is 18.1 Å². The Morgan fingerprint density at radius 2 is 1.63 bits per heavy atom. The van der Waals surface area contributed by atoms with E-state index in [2.05, 4.69) is 15.0 Å². The summed E-state index contributed by atoms with van der Waals surface area (Å²) in [5.41, 5.74) is 5.30. The number of sulfonamides is 1. The first-order valence-corrected chi connectivity index (χ1v) is 11.5. The molecule has 0 aliphatic rings. The molecule has 2 rings (SSSR count). The lowest BCUT2D eigenvalue weighted by Crippen LogP contribution is -2.31. The first kappa shape index (κ1) is 23.8. The molecule has 0 aliphatic heterocycles. The van der Waals surface area contributed by atoms with E-state index in [1.807, 2.05) is 47.6 Å². The predicted octanol–water partition coefficient (Wildman–Crippen LogP) is 3.01. The Morgan fingerprint density at radius 1 is 1.03 bits per heavy atom. The molecule has 0 saturated heterocycles. The highest BCUT2D eigenvalue weighted by Crippen LogP contribution is 2.29. The number of nitrogens with zero attached hydrogens (tertiary/aromatic N) is 1. The molecule has 0 unspecified atom stereocenters. The zero-order chi connectivity index (χ0) is 22.5. The highest BCUT2D eigenvalue weighted by molar-refractivity contribution is 7.89. The summed E-state index contributed by atoms with van der Waals surface area (Å²) >= 11 is 0. The third-order valence-corrected chi connectivity index (χ3v) is 7.19. The van der Waals surface area contributed by atoms with Crippen LogP contribution in [0.25, 0.3) is 0 Å². The molecule has 30 heavy (non-hydrogen) atoms. The highest BCUT2D eigenvalue weighted by Gasteiger charge is 2.23. The van der Waals surface area contributed by atoms with Crippen molar-refractivity contribution in [3.8, 4) is 5.88 Å². The van der Waals surface area contributed by atoms with Crippen LogP contribution in [0.1, 0.15) is 46.7 Å². The molecule has 1 aromatic heterocycles. The van der Waals surface area contributed by atoms with Gasteiger partial charge in [0.05, 0.1) is 11.5 Å². The molecule has 0 spiro atoms. The van der Waals surface area contributed by atoms with Crippen molar-refractivity contribution in [2.75, 3.05) is 13.2 Å². The standard InChI is InChI=1S/C22H31N3O4S/c1-7-29-22-19(9-8-11-23-22)13-24-20(26)10-12-25-30(27,28)21-17(5)15(3)14(2)16(4)18(21)6/h8-9,11,25H,7,10,12-13H2,1-6H3,(H,24,26). The fourth-order valence-electron chi connectivity index (χ4n) is 3.35. The second-order valence-electron chi connectivity index (χ2n) is 7.28. The number of carbonyl (C=O) groups excluding carboxylic acids is 1. The predicted molar refractivity (Wildman–Crippen MR) is 117 cm³/mol. The van der Waals surface area contributed by atoms with Crippen LogP contribution >= 0.6 is 0 Å². The van der Waals surface area contributed by atoms with Crippen LogP contribution in [0.4, 0.5) is 0 Å². The molecule has 0 aliphatic carbocycles. The molecule has 7 nitrogen and oxygen atoms in total. The van der Waals surface area contributed by atoms with Crippen LogP contribution in [0.5, 0.6) is 5.88 Å². The Bertz CT molecular complexity index is 1000. The van der Waals surface area contributed by atoms with Crippen LogP contribution in [-0.2, 0) is 21.4 Å². The Hall–Kier alpha value is -2.45. The van der Waals surface area contributed by atoms with E-state index < -0.39 is 10.0 Å². The first-order valence-electron chi connectivity index (χ1n) is 10.00. The van der Waals surface area contributed by atoms with Crippen LogP contribution in [0, 0.1) is 34.6 Å². The molecule has 0 radical (unpaired) electrons. The number of carbonyl (C=O) groups is 1. The van der Waals surface area contributed by atoms with Crippen LogP contribution < -0.4 is 14.8 Å². The van der Waals surface area contributed by atoms with Gasteiger partial charge in [0.15, 0.2) is 0 Å². The minimum Gasteiger partial charge on any atom is -0.478 e. The minimum atomic E-state index is -3.72. The Kier molecular flexibility index (Phi) is 7.97. The topological polar surface area (TPSA) is 97.4 Å². The lowest BCUT2D eigenvalue weighted by Gasteiger charge is -2.19. The van der Waals surface area contributed by atoms with Gasteiger partial charge in [0, 0.05) is 31.3 Å². The average Bonchev–Trinajstić information content (AvgIpc) is 2.70. The number of aromatic nitrogens is 1. The summed E-state index contributed by atoms with van der Waals surface area (Å²) in [4.78, 5) is 16.6. The van der Waals surface area contributed by atoms with Gasteiger partial charge in [-0.05, 0) is 75.4 Å². The van der Waals surface area contributed by atoms with Crippen molar-refractivity contribution in [3.05, 3.63) is 51.7 Å². The summed E-state index contributed by atoms with van der Waals surface area (Å²) in [5, 5.41) is 2.78. The number of amides is 1. The van der Waals surface area contributed by atoms with Crippen molar-refractivity contribution >= 4 is 15.9 Å². The van der Waals surface area contributed by atoms with Crippen molar-refractivity contribution in [3.63, 3.8) is 0 Å². The van der Waals surface area contributed by atoms with Gasteiger partial charge >= 0.3 is 0 Å². The summed E-state index contributed by atoms with van der Waals surface area (Å²) in [6.07, 6.45) is 1.66. The lowest BCUT2D eigenvalue weighted by molar-refractivity contribution is -0.121. The van der Waals surface area contributed by atoms with E-state index in [0.29, 0.717) is 17.4 Å². The van der Waals surface area contributed by atoms with Gasteiger partial charge in [-0.3, -0.25) is 4.79 Å². The van der Waals surface area contributed by atoms with Crippen molar-refractivity contribution in [1.29, 1.82) is 0 Å². The molecule has 0 atom stereocenters. The van der Waals surface area contributed by atoms with E-state index in [4.69, 9.17) is 4.74 Å². The maximum Gasteiger partial charge on any atom is 0.241 e. The van der Waals surface area contributed by atoms with Crippen LogP contribution in [0.2, 0.25) is 0 Å². The highest BCUT2D eigenvalue weighted by atomic mass is 32.2. The summed E-state index contributed by atoms with van der Waals surface area (Å²) in [6.45, 7) is 12.1. The molecule has 0 saturated carbocycles. The maximum atomic E-state index is 12.9. The summed E-state index contributed by atoms with van der Waals surface area (Å²) < 4.78 is 33.8. The minimum absolute atomic E-state index is 0.0182. The van der Waals surface area contributed by atoms with Crippen molar-refractivity contribution < 1.29 is 17.9 Å². The molecule has 1 aromatic carbocycles. The number of pyridine rings is 1. The van der Waals surface area contributed by atoms with Gasteiger partial charge < -0.3 is 10.1 Å². The van der Waals surface area contributed by atoms with E-state index >= 15 is 0 Å². The number of nitrogens with one attached hydrogen (secondary N) is 2. The number of hydrogen-bond acceptors (Lipinski definition) is 5. The summed E-state index contributed by atoms with van der Waals surface area (Å²) in [5.74, 6) is 0.228. The molecule has 1 amide bonds. The van der Waals surface area contributed by atoms with Crippen LogP contribution in [-0.4, -0.2) is 32.5 Å². The third kappa shape index (κ3) is 5.37. The number of ether oxygens (including phenoxy) is 1. The maximum absolute atomic E-state index is 12.9. The molecule has 0 fully saturated rings. The molecule has 164 valence electrons. The fourth-order valence-corrected chi connectivity index (χ4v) is 4.97. The number of rotatable bonds is 9. The lowest BCUT2D eigenvalue weighted by atomic mass is 9.95. The summed E-state index contributed by atoms with van der Waals surface area (Å²) in [6, 6.07) is 3.60. The van der Waals surface area contributed by atoms with E-state index in [0.717, 1.165) is 33.4 Å². The SMILES string of the molecule is CCOc1ncccc1CNC(=O)CCNS(=O)(=O)c1c(C)c(C)c(C)c(C)c1C. The Labute approximate surface area is 179 Å².